The third-order valence-electron chi connectivity index (χ3n) is 3.19. The van der Waals surface area contributed by atoms with Gasteiger partial charge in [-0.25, -0.2) is 9.97 Å². The number of aromatic nitrogens is 2. The third-order valence-corrected chi connectivity index (χ3v) is 3.39. The molecule has 1 aromatic rings. The third kappa shape index (κ3) is 3.07. The summed E-state index contributed by atoms with van der Waals surface area (Å²) in [7, 11) is 0. The Morgan fingerprint density at radius 2 is 2.12 bits per heavy atom. The SMILES string of the molecule is Cc1nc(Cl)cc(N(CCO)C2CCCC2)n1. The summed E-state index contributed by atoms with van der Waals surface area (Å²) < 4.78 is 0. The fourth-order valence-electron chi connectivity index (χ4n) is 2.47. The molecule has 0 radical (unpaired) electrons. The van der Waals surface area contributed by atoms with Gasteiger partial charge >= 0.3 is 0 Å². The zero-order chi connectivity index (χ0) is 12.3. The summed E-state index contributed by atoms with van der Waals surface area (Å²) in [5, 5.41) is 9.65. The first-order valence-corrected chi connectivity index (χ1v) is 6.47. The van der Waals surface area contributed by atoms with Crippen LogP contribution in [0.25, 0.3) is 0 Å². The van der Waals surface area contributed by atoms with Crippen molar-refractivity contribution in [3.8, 4) is 0 Å². The van der Waals surface area contributed by atoms with Crippen molar-refractivity contribution in [1.29, 1.82) is 0 Å². The summed E-state index contributed by atoms with van der Waals surface area (Å²) in [4.78, 5) is 10.6. The smallest absolute Gasteiger partial charge is 0.134 e. The van der Waals surface area contributed by atoms with Crippen LogP contribution in [-0.2, 0) is 0 Å². The molecule has 0 amide bonds. The molecule has 0 atom stereocenters. The number of hydrogen-bond acceptors (Lipinski definition) is 4. The zero-order valence-electron chi connectivity index (χ0n) is 10.1. The van der Waals surface area contributed by atoms with E-state index in [2.05, 4.69) is 14.9 Å². The predicted molar refractivity (Wildman–Crippen MR) is 68.5 cm³/mol. The van der Waals surface area contributed by atoms with E-state index in [-0.39, 0.29) is 6.61 Å². The van der Waals surface area contributed by atoms with E-state index in [1.165, 1.54) is 25.7 Å². The monoisotopic (exact) mass is 255 g/mol. The highest BCUT2D eigenvalue weighted by Crippen LogP contribution is 2.27. The van der Waals surface area contributed by atoms with E-state index in [1.807, 2.05) is 6.92 Å². The lowest BCUT2D eigenvalue weighted by Crippen LogP contribution is -2.36. The average molecular weight is 256 g/mol. The minimum absolute atomic E-state index is 0.136. The zero-order valence-corrected chi connectivity index (χ0v) is 10.8. The van der Waals surface area contributed by atoms with E-state index in [0.29, 0.717) is 23.6 Å². The van der Waals surface area contributed by atoms with E-state index >= 15 is 0 Å². The second kappa shape index (κ2) is 5.65. The van der Waals surface area contributed by atoms with Crippen LogP contribution in [0, 0.1) is 6.92 Å². The molecule has 1 aliphatic rings. The van der Waals surface area contributed by atoms with Gasteiger partial charge in [0.15, 0.2) is 0 Å². The van der Waals surface area contributed by atoms with Gasteiger partial charge in [0, 0.05) is 18.7 Å². The lowest BCUT2D eigenvalue weighted by Gasteiger charge is -2.29. The molecule has 0 unspecified atom stereocenters. The number of anilines is 1. The largest absolute Gasteiger partial charge is 0.395 e. The molecule has 2 rings (SSSR count). The van der Waals surface area contributed by atoms with Crippen LogP contribution in [0.15, 0.2) is 6.07 Å². The van der Waals surface area contributed by atoms with Crippen molar-refractivity contribution >= 4 is 17.4 Å². The summed E-state index contributed by atoms with van der Waals surface area (Å²) in [5.74, 6) is 1.51. The molecule has 0 saturated heterocycles. The fourth-order valence-corrected chi connectivity index (χ4v) is 2.69. The molecule has 1 aliphatic carbocycles. The first-order chi connectivity index (χ1) is 8.20. The van der Waals surface area contributed by atoms with Crippen molar-refractivity contribution in [2.75, 3.05) is 18.1 Å². The molecular formula is C12H18ClN3O. The standard InChI is InChI=1S/C12H18ClN3O/c1-9-14-11(13)8-12(15-9)16(6-7-17)10-4-2-3-5-10/h8,10,17H,2-7H2,1H3. The summed E-state index contributed by atoms with van der Waals surface area (Å²) in [6, 6.07) is 2.26. The maximum absolute atomic E-state index is 9.18. The van der Waals surface area contributed by atoms with Crippen LogP contribution in [-0.4, -0.2) is 34.3 Å². The molecular weight excluding hydrogens is 238 g/mol. The minimum Gasteiger partial charge on any atom is -0.395 e. The molecule has 1 aromatic heterocycles. The normalized spacial score (nSPS) is 16.4. The van der Waals surface area contributed by atoms with Gasteiger partial charge in [-0.2, -0.15) is 0 Å². The van der Waals surface area contributed by atoms with E-state index in [1.54, 1.807) is 6.07 Å². The Hall–Kier alpha value is -0.870. The second-order valence-corrected chi connectivity index (χ2v) is 4.84. The van der Waals surface area contributed by atoms with Crippen LogP contribution >= 0.6 is 11.6 Å². The van der Waals surface area contributed by atoms with Gasteiger partial charge in [-0.05, 0) is 19.8 Å². The van der Waals surface area contributed by atoms with Gasteiger partial charge < -0.3 is 10.0 Å². The Labute approximate surface area is 107 Å². The van der Waals surface area contributed by atoms with Gasteiger partial charge in [0.2, 0.25) is 0 Å². The number of nitrogens with zero attached hydrogens (tertiary/aromatic N) is 3. The van der Waals surface area contributed by atoms with Crippen molar-refractivity contribution in [3.05, 3.63) is 17.0 Å². The van der Waals surface area contributed by atoms with E-state index in [9.17, 15) is 5.11 Å². The van der Waals surface area contributed by atoms with E-state index < -0.39 is 0 Å². The van der Waals surface area contributed by atoms with Crippen LogP contribution in [0.1, 0.15) is 31.5 Å². The van der Waals surface area contributed by atoms with Crippen LogP contribution in [0.5, 0.6) is 0 Å². The Bertz CT molecular complexity index is 360. The highest BCUT2D eigenvalue weighted by atomic mass is 35.5. The second-order valence-electron chi connectivity index (χ2n) is 4.45. The fraction of sp³-hybridized carbons (Fsp3) is 0.667. The number of aryl methyl sites for hydroxylation is 1. The number of halogens is 1. The maximum atomic E-state index is 9.18. The number of hydrogen-bond donors (Lipinski definition) is 1. The van der Waals surface area contributed by atoms with Crippen LogP contribution in [0.3, 0.4) is 0 Å². The van der Waals surface area contributed by atoms with E-state index in [4.69, 9.17) is 11.6 Å². The predicted octanol–water partition coefficient (Wildman–Crippen LogP) is 2.18. The van der Waals surface area contributed by atoms with Crippen molar-refractivity contribution in [2.45, 2.75) is 38.6 Å². The van der Waals surface area contributed by atoms with Gasteiger partial charge in [-0.1, -0.05) is 24.4 Å². The number of aliphatic hydroxyl groups excluding tert-OH is 1. The van der Waals surface area contributed by atoms with Crippen molar-refractivity contribution in [3.63, 3.8) is 0 Å². The molecule has 0 aliphatic heterocycles. The Morgan fingerprint density at radius 3 is 2.71 bits per heavy atom. The molecule has 1 heterocycles. The Kier molecular flexibility index (Phi) is 4.18. The first-order valence-electron chi connectivity index (χ1n) is 6.09. The Morgan fingerprint density at radius 1 is 1.41 bits per heavy atom. The summed E-state index contributed by atoms with van der Waals surface area (Å²) >= 11 is 5.96. The van der Waals surface area contributed by atoms with E-state index in [0.717, 1.165) is 5.82 Å². The van der Waals surface area contributed by atoms with Gasteiger partial charge in [0.1, 0.15) is 16.8 Å². The van der Waals surface area contributed by atoms with Gasteiger partial charge in [-0.3, -0.25) is 0 Å². The number of aliphatic hydroxyl groups is 1. The average Bonchev–Trinajstić information content (AvgIpc) is 2.77. The summed E-state index contributed by atoms with van der Waals surface area (Å²) in [6.07, 6.45) is 4.84. The van der Waals surface area contributed by atoms with Crippen LogP contribution < -0.4 is 4.90 Å². The molecule has 94 valence electrons. The molecule has 4 nitrogen and oxygen atoms in total. The molecule has 0 spiro atoms. The molecule has 1 saturated carbocycles. The van der Waals surface area contributed by atoms with Crippen molar-refractivity contribution in [2.24, 2.45) is 0 Å². The number of rotatable bonds is 4. The molecule has 0 bridgehead atoms. The summed E-state index contributed by atoms with van der Waals surface area (Å²) in [5.41, 5.74) is 0. The Balaban J connectivity index is 2.24. The molecule has 1 N–H and O–H groups in total. The van der Waals surface area contributed by atoms with Crippen LogP contribution in [0.2, 0.25) is 5.15 Å². The topological polar surface area (TPSA) is 49.2 Å². The van der Waals surface area contributed by atoms with Gasteiger partial charge in [-0.15, -0.1) is 0 Å². The lowest BCUT2D eigenvalue weighted by atomic mass is 10.2. The molecule has 1 fully saturated rings. The molecule has 17 heavy (non-hydrogen) atoms. The molecule has 0 aromatic carbocycles. The summed E-state index contributed by atoms with van der Waals surface area (Å²) in [6.45, 7) is 2.58. The van der Waals surface area contributed by atoms with Gasteiger partial charge in [0.05, 0.1) is 6.61 Å². The highest BCUT2D eigenvalue weighted by molar-refractivity contribution is 6.29. The lowest BCUT2D eigenvalue weighted by molar-refractivity contribution is 0.296. The minimum atomic E-state index is 0.136. The quantitative estimate of drug-likeness (QED) is 0.838. The first kappa shape index (κ1) is 12.6. The van der Waals surface area contributed by atoms with Crippen molar-refractivity contribution < 1.29 is 5.11 Å². The maximum Gasteiger partial charge on any atom is 0.134 e. The van der Waals surface area contributed by atoms with Gasteiger partial charge in [0.25, 0.3) is 0 Å². The van der Waals surface area contributed by atoms with Crippen molar-refractivity contribution in [1.82, 2.24) is 9.97 Å². The molecule has 5 heteroatoms. The van der Waals surface area contributed by atoms with Crippen LogP contribution in [0.4, 0.5) is 5.82 Å². The highest BCUT2D eigenvalue weighted by Gasteiger charge is 2.23.